The van der Waals surface area contributed by atoms with Crippen molar-refractivity contribution in [2.45, 2.75) is 18.9 Å². The number of hydrogen-bond donors (Lipinski definition) is 1. The van der Waals surface area contributed by atoms with Crippen LogP contribution in [0.2, 0.25) is 0 Å². The zero-order valence-corrected chi connectivity index (χ0v) is 4.26. The molecule has 0 aromatic heterocycles. The standard InChI is InChI=1S/C5H10NO/c6-5-2-1-3-7-4-5/h3,5H,1-2,4,6H2/t5-/m1/s1. The van der Waals surface area contributed by atoms with Crippen LogP contribution in [0, 0.1) is 6.61 Å². The maximum Gasteiger partial charge on any atom is 0.0838 e. The van der Waals surface area contributed by atoms with Crippen molar-refractivity contribution < 1.29 is 4.74 Å². The average molecular weight is 100 g/mol. The molecule has 1 aliphatic heterocycles. The SMILES string of the molecule is N[C@@H]1CC[CH]OC1. The molecule has 2 N–H and O–H groups in total. The van der Waals surface area contributed by atoms with Crippen LogP contribution in [0.15, 0.2) is 0 Å². The van der Waals surface area contributed by atoms with Crippen LogP contribution in [-0.2, 0) is 4.74 Å². The molecular formula is C5H10NO. The summed E-state index contributed by atoms with van der Waals surface area (Å²) in [6.45, 7) is 2.53. The third-order valence-electron chi connectivity index (χ3n) is 1.08. The summed E-state index contributed by atoms with van der Waals surface area (Å²) in [5, 5.41) is 0. The van der Waals surface area contributed by atoms with Gasteiger partial charge in [0.1, 0.15) is 0 Å². The van der Waals surface area contributed by atoms with Gasteiger partial charge in [-0.05, 0) is 12.8 Å². The molecule has 2 nitrogen and oxygen atoms in total. The average Bonchev–Trinajstić information content (AvgIpc) is 1.69. The van der Waals surface area contributed by atoms with Crippen molar-refractivity contribution in [1.29, 1.82) is 0 Å². The lowest BCUT2D eigenvalue weighted by Crippen LogP contribution is -2.28. The molecule has 1 fully saturated rings. The molecule has 2 heteroatoms. The van der Waals surface area contributed by atoms with Crippen LogP contribution >= 0.6 is 0 Å². The fraction of sp³-hybridized carbons (Fsp3) is 0.800. The molecule has 0 aliphatic carbocycles. The second kappa shape index (κ2) is 2.28. The van der Waals surface area contributed by atoms with Crippen molar-refractivity contribution in [3.05, 3.63) is 6.61 Å². The van der Waals surface area contributed by atoms with Gasteiger partial charge in [0.2, 0.25) is 0 Å². The highest BCUT2D eigenvalue weighted by Crippen LogP contribution is 2.05. The number of ether oxygens (including phenoxy) is 1. The van der Waals surface area contributed by atoms with Crippen LogP contribution in [-0.4, -0.2) is 12.6 Å². The van der Waals surface area contributed by atoms with Crippen molar-refractivity contribution in [2.24, 2.45) is 5.73 Å². The molecule has 41 valence electrons. The first kappa shape index (κ1) is 5.06. The second-order valence-electron chi connectivity index (χ2n) is 1.84. The molecule has 0 amide bonds. The lowest BCUT2D eigenvalue weighted by Gasteiger charge is -2.16. The van der Waals surface area contributed by atoms with Gasteiger partial charge in [0.15, 0.2) is 0 Å². The fourth-order valence-corrected chi connectivity index (χ4v) is 0.640. The summed E-state index contributed by atoms with van der Waals surface area (Å²) in [5.41, 5.74) is 5.49. The predicted molar refractivity (Wildman–Crippen MR) is 27.5 cm³/mol. The molecular weight excluding hydrogens is 90.1 g/mol. The van der Waals surface area contributed by atoms with Gasteiger partial charge >= 0.3 is 0 Å². The van der Waals surface area contributed by atoms with E-state index in [0.29, 0.717) is 6.61 Å². The van der Waals surface area contributed by atoms with Gasteiger partial charge in [-0.15, -0.1) is 0 Å². The first-order chi connectivity index (χ1) is 3.39. The molecule has 1 saturated heterocycles. The van der Waals surface area contributed by atoms with Crippen molar-refractivity contribution in [2.75, 3.05) is 6.61 Å². The molecule has 1 heterocycles. The second-order valence-corrected chi connectivity index (χ2v) is 1.84. The summed E-state index contributed by atoms with van der Waals surface area (Å²) in [4.78, 5) is 0. The summed E-state index contributed by atoms with van der Waals surface area (Å²) >= 11 is 0. The Kier molecular flexibility index (Phi) is 1.65. The van der Waals surface area contributed by atoms with Crippen molar-refractivity contribution in [1.82, 2.24) is 0 Å². The zero-order valence-electron chi connectivity index (χ0n) is 4.26. The van der Waals surface area contributed by atoms with Crippen LogP contribution in [0.4, 0.5) is 0 Å². The van der Waals surface area contributed by atoms with Crippen LogP contribution in [0.3, 0.4) is 0 Å². The van der Waals surface area contributed by atoms with Gasteiger partial charge in [-0.25, -0.2) is 0 Å². The summed E-state index contributed by atoms with van der Waals surface area (Å²) in [6, 6.07) is 0.282. The Morgan fingerprint density at radius 3 is 2.86 bits per heavy atom. The van der Waals surface area contributed by atoms with E-state index in [1.807, 2.05) is 6.61 Å². The smallest absolute Gasteiger partial charge is 0.0838 e. The summed E-state index contributed by atoms with van der Waals surface area (Å²) in [7, 11) is 0. The third-order valence-corrected chi connectivity index (χ3v) is 1.08. The van der Waals surface area contributed by atoms with Crippen molar-refractivity contribution in [3.63, 3.8) is 0 Å². The predicted octanol–water partition coefficient (Wildman–Crippen LogP) is 0.286. The lowest BCUT2D eigenvalue weighted by atomic mass is 10.1. The van der Waals surface area contributed by atoms with Gasteiger partial charge in [-0.3, -0.25) is 0 Å². The number of nitrogens with two attached hydrogens (primary N) is 1. The van der Waals surface area contributed by atoms with E-state index < -0.39 is 0 Å². The molecule has 0 saturated carbocycles. The molecule has 0 aromatic rings. The monoisotopic (exact) mass is 100 g/mol. The maximum absolute atomic E-state index is 5.49. The van der Waals surface area contributed by atoms with E-state index in [2.05, 4.69) is 0 Å². The van der Waals surface area contributed by atoms with E-state index in [0.717, 1.165) is 12.8 Å². The maximum atomic E-state index is 5.49. The molecule has 1 aliphatic rings. The number of hydrogen-bond acceptors (Lipinski definition) is 2. The highest BCUT2D eigenvalue weighted by atomic mass is 16.5. The van der Waals surface area contributed by atoms with Crippen LogP contribution in [0.25, 0.3) is 0 Å². The molecule has 0 unspecified atom stereocenters. The van der Waals surface area contributed by atoms with Crippen LogP contribution in [0.1, 0.15) is 12.8 Å². The quantitative estimate of drug-likeness (QED) is 0.474. The fourth-order valence-electron chi connectivity index (χ4n) is 0.640. The Hall–Kier alpha value is -0.0800. The highest BCUT2D eigenvalue weighted by molar-refractivity contribution is 4.69. The topological polar surface area (TPSA) is 35.2 Å². The highest BCUT2D eigenvalue weighted by Gasteiger charge is 2.07. The minimum atomic E-state index is 0.282. The normalized spacial score (nSPS) is 33.0. The first-order valence-electron chi connectivity index (χ1n) is 2.58. The Balaban J connectivity index is 2.12. The largest absolute Gasteiger partial charge is 0.374 e. The van der Waals surface area contributed by atoms with Crippen LogP contribution in [0.5, 0.6) is 0 Å². The van der Waals surface area contributed by atoms with E-state index in [4.69, 9.17) is 10.5 Å². The van der Waals surface area contributed by atoms with E-state index in [1.54, 1.807) is 0 Å². The van der Waals surface area contributed by atoms with Crippen molar-refractivity contribution in [3.8, 4) is 0 Å². The van der Waals surface area contributed by atoms with Gasteiger partial charge < -0.3 is 10.5 Å². The summed E-state index contributed by atoms with van der Waals surface area (Å²) < 4.78 is 4.93. The van der Waals surface area contributed by atoms with E-state index >= 15 is 0 Å². The molecule has 0 spiro atoms. The van der Waals surface area contributed by atoms with Crippen molar-refractivity contribution >= 4 is 0 Å². The Bertz CT molecular complexity index is 50.0. The Labute approximate surface area is 43.6 Å². The van der Waals surface area contributed by atoms with E-state index in [1.165, 1.54) is 0 Å². The van der Waals surface area contributed by atoms with Crippen LogP contribution < -0.4 is 5.73 Å². The Morgan fingerprint density at radius 1 is 1.71 bits per heavy atom. The van der Waals surface area contributed by atoms with Gasteiger partial charge in [-0.2, -0.15) is 0 Å². The molecule has 0 bridgehead atoms. The summed E-state index contributed by atoms with van der Waals surface area (Å²) in [6.07, 6.45) is 2.10. The van der Waals surface area contributed by atoms with Gasteiger partial charge in [0.25, 0.3) is 0 Å². The van der Waals surface area contributed by atoms with Gasteiger partial charge in [0.05, 0.1) is 13.2 Å². The van der Waals surface area contributed by atoms with E-state index in [-0.39, 0.29) is 6.04 Å². The minimum absolute atomic E-state index is 0.282. The minimum Gasteiger partial charge on any atom is -0.374 e. The number of rotatable bonds is 0. The Morgan fingerprint density at radius 2 is 2.57 bits per heavy atom. The zero-order chi connectivity index (χ0) is 5.11. The summed E-state index contributed by atoms with van der Waals surface area (Å²) in [5.74, 6) is 0. The first-order valence-corrected chi connectivity index (χ1v) is 2.58. The third kappa shape index (κ3) is 1.45. The molecule has 1 radical (unpaired) electrons. The van der Waals surface area contributed by atoms with Gasteiger partial charge in [0, 0.05) is 6.04 Å². The van der Waals surface area contributed by atoms with Gasteiger partial charge in [-0.1, -0.05) is 0 Å². The molecule has 7 heavy (non-hydrogen) atoms. The van der Waals surface area contributed by atoms with E-state index in [9.17, 15) is 0 Å². The molecule has 1 rings (SSSR count). The molecule has 0 aromatic carbocycles. The molecule has 1 atom stereocenters. The lowest BCUT2D eigenvalue weighted by molar-refractivity contribution is 0.138.